The Morgan fingerprint density at radius 3 is 2.47 bits per heavy atom. The highest BCUT2D eigenvalue weighted by Crippen LogP contribution is 2.47. The molecule has 32 heavy (non-hydrogen) atoms. The quantitative estimate of drug-likeness (QED) is 0.511. The van der Waals surface area contributed by atoms with Gasteiger partial charge in [0, 0.05) is 22.2 Å². The van der Waals surface area contributed by atoms with Crippen LogP contribution in [-0.2, 0) is 11.2 Å². The Labute approximate surface area is 193 Å². The summed E-state index contributed by atoms with van der Waals surface area (Å²) in [6.45, 7) is 2.12. The lowest BCUT2D eigenvalue weighted by molar-refractivity contribution is -0.119. The Balaban J connectivity index is 1.58. The van der Waals surface area contributed by atoms with Crippen LogP contribution in [0.15, 0.2) is 66.0 Å². The van der Waals surface area contributed by atoms with E-state index in [-0.39, 0.29) is 23.9 Å². The third-order valence-electron chi connectivity index (χ3n) is 6.84. The molecule has 2 aliphatic rings. The van der Waals surface area contributed by atoms with Gasteiger partial charge in [0.05, 0.1) is 12.0 Å². The average Bonchev–Trinajstić information content (AvgIpc) is 3.54. The van der Waals surface area contributed by atoms with Gasteiger partial charge in [-0.1, -0.05) is 56.2 Å². The molecule has 1 aliphatic heterocycles. The molecule has 1 aliphatic carbocycles. The Morgan fingerprint density at radius 2 is 1.78 bits per heavy atom. The van der Waals surface area contributed by atoms with Crippen LogP contribution in [0, 0.1) is 0 Å². The largest absolute Gasteiger partial charge is 0.327 e. The molecule has 2 amide bonds. The number of rotatable bonds is 5. The number of amides is 2. The van der Waals surface area contributed by atoms with E-state index in [1.165, 1.54) is 5.56 Å². The van der Waals surface area contributed by atoms with Crippen molar-refractivity contribution in [2.75, 3.05) is 5.32 Å². The lowest BCUT2D eigenvalue weighted by Crippen LogP contribution is -2.49. The van der Waals surface area contributed by atoms with Crippen molar-refractivity contribution in [1.82, 2.24) is 4.90 Å². The zero-order valence-corrected chi connectivity index (χ0v) is 19.1. The van der Waals surface area contributed by atoms with Crippen molar-refractivity contribution in [1.29, 1.82) is 0 Å². The first-order chi connectivity index (χ1) is 15.7. The van der Waals surface area contributed by atoms with Gasteiger partial charge in [0.2, 0.25) is 5.91 Å². The fourth-order valence-electron chi connectivity index (χ4n) is 5.22. The van der Waals surface area contributed by atoms with E-state index in [0.29, 0.717) is 5.56 Å². The molecule has 5 heteroatoms. The normalized spacial score (nSPS) is 20.9. The summed E-state index contributed by atoms with van der Waals surface area (Å²) < 4.78 is 0. The van der Waals surface area contributed by atoms with Gasteiger partial charge < -0.3 is 10.2 Å². The number of anilines is 1. The molecule has 1 N–H and O–H groups in total. The van der Waals surface area contributed by atoms with Crippen molar-refractivity contribution in [3.8, 4) is 0 Å². The fraction of sp³-hybridized carbons (Fsp3) is 0.333. The van der Waals surface area contributed by atoms with E-state index in [1.807, 2.05) is 52.7 Å². The highest BCUT2D eigenvalue weighted by molar-refractivity contribution is 7.10. The predicted molar refractivity (Wildman–Crippen MR) is 129 cm³/mol. The van der Waals surface area contributed by atoms with E-state index in [2.05, 4.69) is 30.4 Å². The highest BCUT2D eigenvalue weighted by atomic mass is 32.1. The summed E-state index contributed by atoms with van der Waals surface area (Å²) >= 11 is 1.63. The Hall–Kier alpha value is -2.92. The molecule has 4 nitrogen and oxygen atoms in total. The number of thiophene rings is 1. The van der Waals surface area contributed by atoms with Gasteiger partial charge in [-0.3, -0.25) is 9.59 Å². The lowest BCUT2D eigenvalue weighted by Gasteiger charge is -2.44. The Kier molecular flexibility index (Phi) is 5.83. The minimum Gasteiger partial charge on any atom is -0.327 e. The molecule has 0 radical (unpaired) electrons. The van der Waals surface area contributed by atoms with Gasteiger partial charge in [-0.2, -0.15) is 0 Å². The number of carbonyl (C=O) groups is 2. The van der Waals surface area contributed by atoms with E-state index < -0.39 is 5.92 Å². The molecule has 5 rings (SSSR count). The predicted octanol–water partition coefficient (Wildman–Crippen LogP) is 6.17. The zero-order valence-electron chi connectivity index (χ0n) is 18.3. The van der Waals surface area contributed by atoms with Gasteiger partial charge in [-0.15, -0.1) is 11.3 Å². The Morgan fingerprint density at radius 1 is 1.03 bits per heavy atom. The molecular weight excluding hydrogens is 416 g/mol. The molecular formula is C27H28N2O2S. The molecule has 3 aromatic rings. The second-order valence-corrected chi connectivity index (χ2v) is 9.69. The van der Waals surface area contributed by atoms with E-state index in [4.69, 9.17) is 0 Å². The molecule has 2 heterocycles. The van der Waals surface area contributed by atoms with Gasteiger partial charge in [0.1, 0.15) is 0 Å². The molecule has 2 atom stereocenters. The smallest absolute Gasteiger partial charge is 0.254 e. The van der Waals surface area contributed by atoms with E-state index >= 15 is 0 Å². The summed E-state index contributed by atoms with van der Waals surface area (Å²) in [5.41, 5.74) is 3.51. The standard InChI is InChI=1S/C27H28N2O2S/c1-2-18-13-15-19(16-14-18)28-26(30)24-21-10-5-6-11-22(21)27(31)29(20-8-3-4-9-20)25(24)23-12-7-17-32-23/h5-7,10-17,20,24-25H,2-4,8-9H2,1H3,(H,28,30)/t24-,25-/m0/s1. The van der Waals surface area contributed by atoms with Crippen LogP contribution in [-0.4, -0.2) is 22.8 Å². The first-order valence-electron chi connectivity index (χ1n) is 11.5. The van der Waals surface area contributed by atoms with Crippen LogP contribution in [0.4, 0.5) is 5.69 Å². The number of nitrogens with zero attached hydrogens (tertiary/aromatic N) is 1. The summed E-state index contributed by atoms with van der Waals surface area (Å²) in [5.74, 6) is -0.452. The van der Waals surface area contributed by atoms with Crippen LogP contribution in [0.2, 0.25) is 0 Å². The first-order valence-corrected chi connectivity index (χ1v) is 12.4. The molecule has 1 aromatic heterocycles. The van der Waals surface area contributed by atoms with Crippen molar-refractivity contribution in [2.45, 2.75) is 57.0 Å². The number of benzene rings is 2. The number of hydrogen-bond donors (Lipinski definition) is 1. The van der Waals surface area contributed by atoms with Crippen LogP contribution >= 0.6 is 11.3 Å². The van der Waals surface area contributed by atoms with Crippen LogP contribution in [0.1, 0.15) is 70.9 Å². The molecule has 0 saturated heterocycles. The minimum absolute atomic E-state index is 0.0576. The number of nitrogens with one attached hydrogen (secondary N) is 1. The van der Waals surface area contributed by atoms with Crippen molar-refractivity contribution >= 4 is 28.8 Å². The van der Waals surface area contributed by atoms with Crippen molar-refractivity contribution in [2.24, 2.45) is 0 Å². The SMILES string of the molecule is CCc1ccc(NC(=O)[C@H]2c3ccccc3C(=O)N(C3CCCC3)[C@H]2c2cccs2)cc1. The molecule has 1 fully saturated rings. The third kappa shape index (κ3) is 3.75. The van der Waals surface area contributed by atoms with Crippen LogP contribution in [0.5, 0.6) is 0 Å². The monoisotopic (exact) mass is 444 g/mol. The van der Waals surface area contributed by atoms with Gasteiger partial charge >= 0.3 is 0 Å². The summed E-state index contributed by atoms with van der Waals surface area (Å²) in [7, 11) is 0. The third-order valence-corrected chi connectivity index (χ3v) is 7.78. The first kappa shape index (κ1) is 21.0. The second kappa shape index (κ2) is 8.91. The van der Waals surface area contributed by atoms with E-state index in [9.17, 15) is 9.59 Å². The van der Waals surface area contributed by atoms with Crippen molar-refractivity contribution in [3.63, 3.8) is 0 Å². The summed E-state index contributed by atoms with van der Waals surface area (Å²) in [5, 5.41) is 5.18. The van der Waals surface area contributed by atoms with Gasteiger partial charge in [0.15, 0.2) is 0 Å². The lowest BCUT2D eigenvalue weighted by atomic mass is 9.80. The minimum atomic E-state index is -0.450. The molecule has 0 unspecified atom stereocenters. The van der Waals surface area contributed by atoms with Crippen LogP contribution in [0.25, 0.3) is 0 Å². The summed E-state index contributed by atoms with van der Waals surface area (Å²) in [4.78, 5) is 30.6. The number of aryl methyl sites for hydroxylation is 1. The second-order valence-electron chi connectivity index (χ2n) is 8.72. The van der Waals surface area contributed by atoms with Gasteiger partial charge in [0.25, 0.3) is 5.91 Å². The van der Waals surface area contributed by atoms with Gasteiger partial charge in [-0.05, 0) is 60.0 Å². The number of fused-ring (bicyclic) bond motifs is 1. The molecule has 2 aromatic carbocycles. The van der Waals surface area contributed by atoms with E-state index in [0.717, 1.165) is 48.2 Å². The Bertz CT molecular complexity index is 1100. The maximum Gasteiger partial charge on any atom is 0.254 e. The maximum atomic E-state index is 13.8. The molecule has 164 valence electrons. The topological polar surface area (TPSA) is 49.4 Å². The molecule has 0 spiro atoms. The van der Waals surface area contributed by atoms with Crippen molar-refractivity contribution < 1.29 is 9.59 Å². The molecule has 0 bridgehead atoms. The van der Waals surface area contributed by atoms with Crippen LogP contribution in [0.3, 0.4) is 0 Å². The number of hydrogen-bond acceptors (Lipinski definition) is 3. The zero-order chi connectivity index (χ0) is 22.1. The fourth-order valence-corrected chi connectivity index (χ4v) is 6.08. The average molecular weight is 445 g/mol. The molecule has 1 saturated carbocycles. The number of carbonyl (C=O) groups excluding carboxylic acids is 2. The van der Waals surface area contributed by atoms with Crippen molar-refractivity contribution in [3.05, 3.63) is 87.6 Å². The maximum absolute atomic E-state index is 13.8. The highest BCUT2D eigenvalue weighted by Gasteiger charge is 2.47. The van der Waals surface area contributed by atoms with Crippen LogP contribution < -0.4 is 5.32 Å². The summed E-state index contributed by atoms with van der Waals surface area (Å²) in [6.07, 6.45) is 5.23. The van der Waals surface area contributed by atoms with E-state index in [1.54, 1.807) is 11.3 Å². The summed E-state index contributed by atoms with van der Waals surface area (Å²) in [6, 6.07) is 19.7. The van der Waals surface area contributed by atoms with Gasteiger partial charge in [-0.25, -0.2) is 0 Å².